The molecule has 4 aliphatic rings. The van der Waals surface area contributed by atoms with E-state index in [4.69, 9.17) is 0 Å². The summed E-state index contributed by atoms with van der Waals surface area (Å²) in [5.74, 6) is 3.86. The van der Waals surface area contributed by atoms with Gasteiger partial charge in [0.15, 0.2) is 0 Å². The molecule has 0 amide bonds. The summed E-state index contributed by atoms with van der Waals surface area (Å²) in [5.41, 5.74) is 0. The molecule has 1 N–H and O–H groups in total. The van der Waals surface area contributed by atoms with E-state index in [0.717, 1.165) is 23.7 Å². The van der Waals surface area contributed by atoms with Crippen LogP contribution in [-0.2, 0) is 0 Å². The second-order valence-electron chi connectivity index (χ2n) is 4.28. The van der Waals surface area contributed by atoms with Crippen molar-refractivity contribution in [1.29, 1.82) is 0 Å². The number of hydrogen-bond acceptors (Lipinski definition) is 1. The van der Waals surface area contributed by atoms with E-state index in [1.165, 1.54) is 25.9 Å². The maximum atomic E-state index is 3.53. The highest BCUT2D eigenvalue weighted by Crippen LogP contribution is 2.45. The van der Waals surface area contributed by atoms with Gasteiger partial charge in [0.2, 0.25) is 0 Å². The Hall–Kier alpha value is -0.300. The average Bonchev–Trinajstić information content (AvgIpc) is 2.55. The van der Waals surface area contributed by atoms with Crippen molar-refractivity contribution in [2.75, 3.05) is 13.1 Å². The van der Waals surface area contributed by atoms with Gasteiger partial charge >= 0.3 is 0 Å². The van der Waals surface area contributed by atoms with Gasteiger partial charge in [0.05, 0.1) is 0 Å². The molecule has 3 aliphatic carbocycles. The zero-order chi connectivity index (χ0) is 7.26. The van der Waals surface area contributed by atoms with Crippen LogP contribution in [0.3, 0.4) is 0 Å². The Bertz CT molecular complexity index is 177. The molecule has 0 unspecified atom stereocenters. The Morgan fingerprint density at radius 3 is 1.91 bits per heavy atom. The SMILES string of the molecule is C1=C[C@H]2CC[C@@H]1[C@H]1CNC[C@H]12. The minimum atomic E-state index is 0.931. The molecule has 1 heterocycles. The third kappa shape index (κ3) is 0.750. The van der Waals surface area contributed by atoms with E-state index in [2.05, 4.69) is 17.5 Å². The normalized spacial score (nSPS) is 53.1. The first-order chi connectivity index (χ1) is 5.45. The summed E-state index contributed by atoms with van der Waals surface area (Å²) in [6.07, 6.45) is 7.87. The number of fused-ring (bicyclic) bond motifs is 1. The maximum absolute atomic E-state index is 3.53. The molecule has 0 spiro atoms. The van der Waals surface area contributed by atoms with Gasteiger partial charge in [0.1, 0.15) is 0 Å². The highest BCUT2D eigenvalue weighted by Gasteiger charge is 2.42. The molecule has 1 heteroatoms. The van der Waals surface area contributed by atoms with Crippen molar-refractivity contribution in [1.82, 2.24) is 5.32 Å². The zero-order valence-electron chi connectivity index (χ0n) is 6.79. The maximum Gasteiger partial charge on any atom is -0.00114 e. The fraction of sp³-hybridized carbons (Fsp3) is 0.800. The topological polar surface area (TPSA) is 12.0 Å². The van der Waals surface area contributed by atoms with Gasteiger partial charge in [-0.15, -0.1) is 0 Å². The fourth-order valence-corrected chi connectivity index (χ4v) is 3.23. The van der Waals surface area contributed by atoms with E-state index >= 15 is 0 Å². The van der Waals surface area contributed by atoms with Crippen molar-refractivity contribution in [2.45, 2.75) is 12.8 Å². The van der Waals surface area contributed by atoms with Gasteiger partial charge in [-0.2, -0.15) is 0 Å². The first-order valence-electron chi connectivity index (χ1n) is 4.84. The van der Waals surface area contributed by atoms with Gasteiger partial charge in [-0.05, 0) is 49.6 Å². The van der Waals surface area contributed by atoms with Crippen molar-refractivity contribution >= 4 is 0 Å². The number of allylic oxidation sites excluding steroid dienone is 2. The molecular weight excluding hydrogens is 134 g/mol. The van der Waals surface area contributed by atoms with E-state index in [1.54, 1.807) is 0 Å². The quantitative estimate of drug-likeness (QED) is 0.514. The van der Waals surface area contributed by atoms with Crippen LogP contribution in [0, 0.1) is 23.7 Å². The van der Waals surface area contributed by atoms with Gasteiger partial charge in [-0.3, -0.25) is 0 Å². The average molecular weight is 149 g/mol. The van der Waals surface area contributed by atoms with Crippen LogP contribution in [0.1, 0.15) is 12.8 Å². The molecule has 4 atom stereocenters. The number of rotatable bonds is 0. The monoisotopic (exact) mass is 149 g/mol. The van der Waals surface area contributed by atoms with Crippen molar-refractivity contribution in [3.63, 3.8) is 0 Å². The predicted octanol–water partition coefficient (Wildman–Crippen LogP) is 1.42. The van der Waals surface area contributed by atoms with E-state index in [1.807, 2.05) is 0 Å². The fourth-order valence-electron chi connectivity index (χ4n) is 3.23. The van der Waals surface area contributed by atoms with E-state index in [-0.39, 0.29) is 0 Å². The van der Waals surface area contributed by atoms with Gasteiger partial charge in [0, 0.05) is 0 Å². The van der Waals surface area contributed by atoms with Gasteiger partial charge < -0.3 is 5.32 Å². The van der Waals surface area contributed by atoms with Crippen LogP contribution < -0.4 is 5.32 Å². The smallest absolute Gasteiger partial charge is 0.00114 e. The Morgan fingerprint density at radius 2 is 1.45 bits per heavy atom. The molecule has 11 heavy (non-hydrogen) atoms. The van der Waals surface area contributed by atoms with Crippen molar-refractivity contribution in [2.24, 2.45) is 23.7 Å². The molecule has 1 nitrogen and oxygen atoms in total. The first-order valence-corrected chi connectivity index (χ1v) is 4.84. The third-order valence-corrected chi connectivity index (χ3v) is 3.85. The number of hydrogen-bond donors (Lipinski definition) is 1. The van der Waals surface area contributed by atoms with E-state index < -0.39 is 0 Å². The van der Waals surface area contributed by atoms with Crippen molar-refractivity contribution in [3.05, 3.63) is 12.2 Å². The predicted molar refractivity (Wildman–Crippen MR) is 45.2 cm³/mol. The van der Waals surface area contributed by atoms with Crippen LogP contribution in [0.4, 0.5) is 0 Å². The van der Waals surface area contributed by atoms with E-state index in [9.17, 15) is 0 Å². The molecule has 4 rings (SSSR count). The molecule has 0 aromatic carbocycles. The molecule has 1 saturated heterocycles. The summed E-state index contributed by atoms with van der Waals surface area (Å²) < 4.78 is 0. The van der Waals surface area contributed by atoms with Crippen LogP contribution in [0.15, 0.2) is 12.2 Å². The van der Waals surface area contributed by atoms with Crippen LogP contribution in [0.2, 0.25) is 0 Å². The van der Waals surface area contributed by atoms with Gasteiger partial charge in [0.25, 0.3) is 0 Å². The molecular formula is C10H15N. The number of nitrogens with one attached hydrogen (secondary N) is 1. The van der Waals surface area contributed by atoms with Gasteiger partial charge in [-0.1, -0.05) is 12.2 Å². The van der Waals surface area contributed by atoms with Crippen LogP contribution in [0.25, 0.3) is 0 Å². The minimum absolute atomic E-state index is 0.931. The Balaban J connectivity index is 1.97. The van der Waals surface area contributed by atoms with Crippen LogP contribution >= 0.6 is 0 Å². The second kappa shape index (κ2) is 2.10. The lowest BCUT2D eigenvalue weighted by Gasteiger charge is -2.40. The van der Waals surface area contributed by atoms with Crippen molar-refractivity contribution < 1.29 is 0 Å². The molecule has 1 saturated carbocycles. The molecule has 2 fully saturated rings. The van der Waals surface area contributed by atoms with Crippen LogP contribution in [-0.4, -0.2) is 13.1 Å². The molecule has 0 aromatic rings. The molecule has 1 aliphatic heterocycles. The standard InChI is InChI=1S/C10H15N/c1-2-8-4-3-7(1)9-5-11-6-10(8)9/h1-2,7-11H,3-6H2/t7-,8+,9-,10+. The molecule has 2 bridgehead atoms. The molecule has 0 aromatic heterocycles. The third-order valence-electron chi connectivity index (χ3n) is 3.85. The molecule has 0 radical (unpaired) electrons. The summed E-state index contributed by atoms with van der Waals surface area (Å²) >= 11 is 0. The molecule has 60 valence electrons. The summed E-state index contributed by atoms with van der Waals surface area (Å²) in [4.78, 5) is 0. The second-order valence-corrected chi connectivity index (χ2v) is 4.28. The van der Waals surface area contributed by atoms with Crippen LogP contribution in [0.5, 0.6) is 0 Å². The van der Waals surface area contributed by atoms with Crippen molar-refractivity contribution in [3.8, 4) is 0 Å². The minimum Gasteiger partial charge on any atom is -0.316 e. The Labute approximate surface area is 67.9 Å². The van der Waals surface area contributed by atoms with Gasteiger partial charge in [-0.25, -0.2) is 0 Å². The zero-order valence-corrected chi connectivity index (χ0v) is 6.79. The Kier molecular flexibility index (Phi) is 1.19. The Morgan fingerprint density at radius 1 is 0.909 bits per heavy atom. The highest BCUT2D eigenvalue weighted by atomic mass is 14.9. The summed E-state index contributed by atoms with van der Waals surface area (Å²) in [5, 5.41) is 3.53. The summed E-state index contributed by atoms with van der Waals surface area (Å²) in [7, 11) is 0. The summed E-state index contributed by atoms with van der Waals surface area (Å²) in [6, 6.07) is 0. The van der Waals surface area contributed by atoms with E-state index in [0.29, 0.717) is 0 Å². The lowest BCUT2D eigenvalue weighted by molar-refractivity contribution is 0.169. The first kappa shape index (κ1) is 6.24. The summed E-state index contributed by atoms with van der Waals surface area (Å²) in [6.45, 7) is 2.58. The lowest BCUT2D eigenvalue weighted by atomic mass is 9.64. The largest absolute Gasteiger partial charge is 0.316 e. The highest BCUT2D eigenvalue weighted by molar-refractivity contribution is 5.12. The lowest BCUT2D eigenvalue weighted by Crippen LogP contribution is -2.35.